The SMILES string of the molecule is CCc1cn(Cc2ccc(F)cc2)c2nc(CC(C)C)c(C(N)=O)c(-c3ccc(C(=O)NCc4ccc(F)c(F)c4)s3)c12. The lowest BCUT2D eigenvalue weighted by Crippen LogP contribution is -2.21. The van der Waals surface area contributed by atoms with Gasteiger partial charge in [0.25, 0.3) is 11.8 Å². The molecule has 0 aliphatic carbocycles. The molecule has 3 aromatic heterocycles. The molecule has 0 spiro atoms. The number of nitrogens with one attached hydrogen (secondary N) is 1. The zero-order chi connectivity index (χ0) is 30.8. The molecule has 10 heteroatoms. The number of halogens is 3. The van der Waals surface area contributed by atoms with Crippen molar-refractivity contribution in [1.29, 1.82) is 0 Å². The monoisotopic (exact) mass is 604 g/mol. The number of aryl methyl sites for hydroxylation is 1. The molecule has 0 aliphatic heterocycles. The van der Waals surface area contributed by atoms with Crippen LogP contribution in [-0.4, -0.2) is 21.4 Å². The number of thiophene rings is 1. The first-order valence-electron chi connectivity index (χ1n) is 14.0. The summed E-state index contributed by atoms with van der Waals surface area (Å²) < 4.78 is 42.5. The van der Waals surface area contributed by atoms with Gasteiger partial charge in [-0.05, 0) is 71.8 Å². The second-order valence-corrected chi connectivity index (χ2v) is 11.9. The second kappa shape index (κ2) is 12.4. The quantitative estimate of drug-likeness (QED) is 0.180. The number of hydrogen-bond acceptors (Lipinski definition) is 4. The summed E-state index contributed by atoms with van der Waals surface area (Å²) in [5.41, 5.74) is 10.5. The first-order chi connectivity index (χ1) is 20.5. The van der Waals surface area contributed by atoms with E-state index in [1.807, 2.05) is 31.5 Å². The van der Waals surface area contributed by atoms with Crippen molar-refractivity contribution in [1.82, 2.24) is 14.9 Å². The molecule has 0 saturated carbocycles. The summed E-state index contributed by atoms with van der Waals surface area (Å²) in [7, 11) is 0. The van der Waals surface area contributed by atoms with Gasteiger partial charge in [0.15, 0.2) is 11.6 Å². The number of carbonyl (C=O) groups excluding carboxylic acids is 2. The molecule has 6 nitrogen and oxygen atoms in total. The predicted molar refractivity (Wildman–Crippen MR) is 163 cm³/mol. The van der Waals surface area contributed by atoms with Crippen LogP contribution in [-0.2, 0) is 25.9 Å². The van der Waals surface area contributed by atoms with Crippen molar-refractivity contribution in [2.24, 2.45) is 11.7 Å². The van der Waals surface area contributed by atoms with Crippen LogP contribution in [0.3, 0.4) is 0 Å². The van der Waals surface area contributed by atoms with Gasteiger partial charge in [-0.25, -0.2) is 18.2 Å². The number of amides is 2. The van der Waals surface area contributed by atoms with E-state index in [2.05, 4.69) is 5.32 Å². The molecule has 5 aromatic rings. The van der Waals surface area contributed by atoms with Gasteiger partial charge in [-0.1, -0.05) is 39.0 Å². The third-order valence-corrected chi connectivity index (χ3v) is 8.27. The number of rotatable bonds is 10. The summed E-state index contributed by atoms with van der Waals surface area (Å²) in [6, 6.07) is 13.2. The van der Waals surface area contributed by atoms with E-state index in [0.717, 1.165) is 28.6 Å². The molecule has 2 aromatic carbocycles. The Hall–Kier alpha value is -4.44. The zero-order valence-electron chi connectivity index (χ0n) is 24.0. The van der Waals surface area contributed by atoms with E-state index >= 15 is 0 Å². The summed E-state index contributed by atoms with van der Waals surface area (Å²) in [5, 5.41) is 3.52. The fourth-order valence-corrected chi connectivity index (χ4v) is 6.16. The van der Waals surface area contributed by atoms with Crippen molar-refractivity contribution in [2.45, 2.75) is 46.7 Å². The highest BCUT2D eigenvalue weighted by Gasteiger charge is 2.26. The van der Waals surface area contributed by atoms with Gasteiger partial charge in [0.2, 0.25) is 0 Å². The molecular formula is C33H31F3N4O2S. The van der Waals surface area contributed by atoms with Crippen molar-refractivity contribution in [3.05, 3.63) is 111 Å². The third kappa shape index (κ3) is 6.34. The Bertz CT molecular complexity index is 1830. The number of benzene rings is 2. The van der Waals surface area contributed by atoms with Gasteiger partial charge in [0.05, 0.1) is 16.1 Å². The minimum atomic E-state index is -0.985. The van der Waals surface area contributed by atoms with Crippen molar-refractivity contribution >= 4 is 34.2 Å². The number of nitrogens with zero attached hydrogens (tertiary/aromatic N) is 2. The summed E-state index contributed by atoms with van der Waals surface area (Å²) in [5.74, 6) is -3.07. The maximum absolute atomic E-state index is 13.6. The minimum absolute atomic E-state index is 0.0139. The standard InChI is InChI=1S/C33H31F3N4O2S/c1-4-21-17-40(16-19-5-8-22(34)9-6-19)32-28(21)30(29(31(37)41)25(39-32)13-18(2)3)26-11-12-27(43-26)33(42)38-15-20-7-10-23(35)24(36)14-20/h5-12,14,17-18H,4,13,15-16H2,1-3H3,(H2,37,41)(H,38,42). The average Bonchev–Trinajstić information content (AvgIpc) is 3.59. The Balaban J connectivity index is 1.60. The van der Waals surface area contributed by atoms with Gasteiger partial charge < -0.3 is 15.6 Å². The number of hydrogen-bond donors (Lipinski definition) is 2. The summed E-state index contributed by atoms with van der Waals surface area (Å²) in [6.07, 6.45) is 3.16. The third-order valence-electron chi connectivity index (χ3n) is 7.17. The number of nitrogens with two attached hydrogens (primary N) is 1. The zero-order valence-corrected chi connectivity index (χ0v) is 24.8. The van der Waals surface area contributed by atoms with Gasteiger partial charge in [-0.2, -0.15) is 0 Å². The number of primary amides is 1. The molecule has 3 N–H and O–H groups in total. The van der Waals surface area contributed by atoms with Crippen molar-refractivity contribution in [3.63, 3.8) is 0 Å². The number of aromatic nitrogens is 2. The highest BCUT2D eigenvalue weighted by atomic mass is 32.1. The molecule has 0 unspecified atom stereocenters. The Kier molecular flexibility index (Phi) is 8.68. The van der Waals surface area contributed by atoms with Crippen LogP contribution in [0.2, 0.25) is 0 Å². The van der Waals surface area contributed by atoms with E-state index in [0.29, 0.717) is 57.2 Å². The summed E-state index contributed by atoms with van der Waals surface area (Å²) in [6.45, 7) is 6.54. The highest BCUT2D eigenvalue weighted by Crippen LogP contribution is 2.40. The van der Waals surface area contributed by atoms with Crippen LogP contribution in [0, 0.1) is 23.4 Å². The average molecular weight is 605 g/mol. The number of fused-ring (bicyclic) bond motifs is 1. The van der Waals surface area contributed by atoms with Gasteiger partial charge in [-0.3, -0.25) is 9.59 Å². The Morgan fingerprint density at radius 2 is 1.72 bits per heavy atom. The maximum atomic E-state index is 13.6. The summed E-state index contributed by atoms with van der Waals surface area (Å²) >= 11 is 1.21. The number of pyridine rings is 1. The smallest absolute Gasteiger partial charge is 0.261 e. The minimum Gasteiger partial charge on any atom is -0.366 e. The first-order valence-corrected chi connectivity index (χ1v) is 14.8. The van der Waals surface area contributed by atoms with Crippen LogP contribution in [0.25, 0.3) is 21.5 Å². The molecular weight excluding hydrogens is 573 g/mol. The first kappa shape index (κ1) is 30.0. The predicted octanol–water partition coefficient (Wildman–Crippen LogP) is 7.02. The Morgan fingerprint density at radius 1 is 1.00 bits per heavy atom. The lowest BCUT2D eigenvalue weighted by Gasteiger charge is -2.16. The van der Waals surface area contributed by atoms with Crippen LogP contribution in [0.15, 0.2) is 60.8 Å². The van der Waals surface area contributed by atoms with E-state index in [-0.39, 0.29) is 24.2 Å². The van der Waals surface area contributed by atoms with Crippen molar-refractivity contribution in [3.8, 4) is 10.4 Å². The molecule has 0 radical (unpaired) electrons. The largest absolute Gasteiger partial charge is 0.366 e. The fraction of sp³-hybridized carbons (Fsp3) is 0.242. The van der Waals surface area contributed by atoms with Crippen LogP contribution in [0.4, 0.5) is 13.2 Å². The second-order valence-electron chi connectivity index (χ2n) is 10.8. The van der Waals surface area contributed by atoms with Gasteiger partial charge in [-0.15, -0.1) is 11.3 Å². The molecule has 43 heavy (non-hydrogen) atoms. The van der Waals surface area contributed by atoms with Crippen LogP contribution < -0.4 is 11.1 Å². The van der Waals surface area contributed by atoms with Crippen LogP contribution >= 0.6 is 11.3 Å². The van der Waals surface area contributed by atoms with E-state index in [4.69, 9.17) is 10.7 Å². The highest BCUT2D eigenvalue weighted by molar-refractivity contribution is 7.17. The number of carbonyl (C=O) groups is 2. The van der Waals surface area contributed by atoms with Crippen molar-refractivity contribution < 1.29 is 22.8 Å². The lowest BCUT2D eigenvalue weighted by molar-refractivity contribution is 0.0953. The van der Waals surface area contributed by atoms with E-state index < -0.39 is 17.5 Å². The topological polar surface area (TPSA) is 90.0 Å². The van der Waals surface area contributed by atoms with E-state index in [9.17, 15) is 22.8 Å². The van der Waals surface area contributed by atoms with Crippen LogP contribution in [0.1, 0.15) is 63.2 Å². The maximum Gasteiger partial charge on any atom is 0.261 e. The van der Waals surface area contributed by atoms with Crippen molar-refractivity contribution in [2.75, 3.05) is 0 Å². The van der Waals surface area contributed by atoms with Gasteiger partial charge in [0.1, 0.15) is 11.5 Å². The van der Waals surface area contributed by atoms with E-state index in [1.54, 1.807) is 24.3 Å². The molecule has 0 bridgehead atoms. The van der Waals surface area contributed by atoms with Crippen LogP contribution in [0.5, 0.6) is 0 Å². The fourth-order valence-electron chi connectivity index (χ4n) is 5.18. The summed E-state index contributed by atoms with van der Waals surface area (Å²) in [4.78, 5) is 32.1. The molecule has 3 heterocycles. The molecule has 222 valence electrons. The van der Waals surface area contributed by atoms with Gasteiger partial charge >= 0.3 is 0 Å². The van der Waals surface area contributed by atoms with Gasteiger partial charge in [0, 0.05) is 35.1 Å². The molecule has 0 saturated heterocycles. The molecule has 5 rings (SSSR count). The molecule has 0 aliphatic rings. The van der Waals surface area contributed by atoms with E-state index in [1.165, 1.54) is 29.5 Å². The molecule has 2 amide bonds. The normalized spacial score (nSPS) is 11.4. The molecule has 0 atom stereocenters. The Morgan fingerprint density at radius 3 is 2.37 bits per heavy atom. The lowest BCUT2D eigenvalue weighted by atomic mass is 9.94. The molecule has 0 fully saturated rings. The Labute approximate surface area is 251 Å².